The van der Waals surface area contributed by atoms with Crippen LogP contribution in [0.15, 0.2) is 109 Å². The van der Waals surface area contributed by atoms with E-state index < -0.39 is 11.6 Å². The fourth-order valence-electron chi connectivity index (χ4n) is 5.76. The van der Waals surface area contributed by atoms with Crippen LogP contribution in [-0.4, -0.2) is 29.2 Å². The lowest BCUT2D eigenvalue weighted by Gasteiger charge is -2.43. The van der Waals surface area contributed by atoms with E-state index in [0.29, 0.717) is 0 Å². The van der Waals surface area contributed by atoms with Crippen LogP contribution in [0.4, 0.5) is 0 Å². The molecule has 172 valence electrons. The van der Waals surface area contributed by atoms with Crippen molar-refractivity contribution < 1.29 is 14.3 Å². The van der Waals surface area contributed by atoms with Gasteiger partial charge >= 0.3 is 5.97 Å². The Labute approximate surface area is 204 Å². The summed E-state index contributed by atoms with van der Waals surface area (Å²) in [6.45, 7) is 0.367. The summed E-state index contributed by atoms with van der Waals surface area (Å²) in [7, 11) is 0. The molecule has 0 bridgehead atoms. The second kappa shape index (κ2) is 8.64. The minimum absolute atomic E-state index is 0.0452. The van der Waals surface area contributed by atoms with Crippen LogP contribution < -0.4 is 0 Å². The van der Waals surface area contributed by atoms with Gasteiger partial charge in [0.2, 0.25) is 0 Å². The van der Waals surface area contributed by atoms with E-state index in [4.69, 9.17) is 4.74 Å². The molecule has 4 aromatic rings. The first kappa shape index (κ1) is 21.5. The van der Waals surface area contributed by atoms with Crippen LogP contribution in [0.2, 0.25) is 0 Å². The fraction of sp³-hybridized carbons (Fsp3) is 0.161. The number of ether oxygens (including phenoxy) is 1. The Kier molecular flexibility index (Phi) is 5.31. The third kappa shape index (κ3) is 3.41. The van der Waals surface area contributed by atoms with E-state index in [2.05, 4.69) is 41.3 Å². The molecule has 1 atom stereocenters. The van der Waals surface area contributed by atoms with Gasteiger partial charge in [0.05, 0.1) is 12.1 Å². The van der Waals surface area contributed by atoms with Gasteiger partial charge in [0, 0.05) is 6.42 Å². The lowest BCUT2D eigenvalue weighted by atomic mass is 9.78. The number of fused-ring (bicyclic) bond motifs is 3. The number of hydrogen-bond donors (Lipinski definition) is 0. The molecule has 35 heavy (non-hydrogen) atoms. The largest absolute Gasteiger partial charge is 0.460 e. The SMILES string of the molecule is O=C1CC(C(=O)OCc2ccccc2)N(C2(c3ccccc3)c3ccccc3-c3ccccc32)C1. The van der Waals surface area contributed by atoms with Crippen molar-refractivity contribution in [1.29, 1.82) is 0 Å². The number of hydrogen-bond acceptors (Lipinski definition) is 4. The summed E-state index contributed by atoms with van der Waals surface area (Å²) in [5, 5.41) is 0. The van der Waals surface area contributed by atoms with E-state index in [1.807, 2.05) is 72.8 Å². The molecular formula is C31H25NO3. The van der Waals surface area contributed by atoms with Gasteiger partial charge < -0.3 is 4.74 Å². The number of ketones is 1. The van der Waals surface area contributed by atoms with Gasteiger partial charge in [0.15, 0.2) is 0 Å². The molecule has 1 aliphatic heterocycles. The smallest absolute Gasteiger partial charge is 0.324 e. The van der Waals surface area contributed by atoms with Crippen LogP contribution in [0.1, 0.15) is 28.7 Å². The van der Waals surface area contributed by atoms with Crippen LogP contribution in [0.3, 0.4) is 0 Å². The Morgan fingerprint density at radius 1 is 0.771 bits per heavy atom. The van der Waals surface area contributed by atoms with Crippen molar-refractivity contribution >= 4 is 11.8 Å². The standard InChI is InChI=1S/C31H25NO3/c33-24-19-29(30(34)35-21-22-11-3-1-4-12-22)32(20-24)31(23-13-5-2-6-14-23)27-17-9-7-15-25(27)26-16-8-10-18-28(26)31/h1-18,29H,19-21H2. The summed E-state index contributed by atoms with van der Waals surface area (Å²) in [5.74, 6) is -0.319. The molecule has 2 aliphatic rings. The number of carbonyl (C=O) groups excluding carboxylic acids is 2. The van der Waals surface area contributed by atoms with Crippen LogP contribution in [-0.2, 0) is 26.5 Å². The second-order valence-electron chi connectivity index (χ2n) is 9.15. The van der Waals surface area contributed by atoms with E-state index in [1.54, 1.807) is 0 Å². The molecule has 1 aliphatic carbocycles. The summed E-state index contributed by atoms with van der Waals surface area (Å²) < 4.78 is 5.77. The predicted molar refractivity (Wildman–Crippen MR) is 135 cm³/mol. The number of likely N-dealkylation sites (tertiary alicyclic amines) is 1. The maximum absolute atomic E-state index is 13.5. The van der Waals surface area contributed by atoms with Crippen molar-refractivity contribution in [3.63, 3.8) is 0 Å². The van der Waals surface area contributed by atoms with Crippen molar-refractivity contribution in [2.75, 3.05) is 6.54 Å². The van der Waals surface area contributed by atoms with E-state index in [9.17, 15) is 9.59 Å². The van der Waals surface area contributed by atoms with Gasteiger partial charge in [-0.2, -0.15) is 0 Å². The molecule has 4 nitrogen and oxygen atoms in total. The Morgan fingerprint density at radius 3 is 1.94 bits per heavy atom. The molecule has 4 aromatic carbocycles. The highest BCUT2D eigenvalue weighted by atomic mass is 16.5. The number of carbonyl (C=O) groups is 2. The average molecular weight is 460 g/mol. The number of esters is 1. The molecule has 4 heteroatoms. The van der Waals surface area contributed by atoms with Crippen molar-refractivity contribution in [1.82, 2.24) is 4.90 Å². The third-order valence-corrected chi connectivity index (χ3v) is 7.19. The molecule has 0 radical (unpaired) electrons. The number of nitrogens with zero attached hydrogens (tertiary/aromatic N) is 1. The second-order valence-corrected chi connectivity index (χ2v) is 9.15. The van der Waals surface area contributed by atoms with E-state index in [-0.39, 0.29) is 31.3 Å². The van der Waals surface area contributed by atoms with Crippen LogP contribution >= 0.6 is 0 Å². The first-order valence-corrected chi connectivity index (χ1v) is 11.9. The van der Waals surface area contributed by atoms with E-state index in [1.165, 1.54) is 0 Å². The molecular weight excluding hydrogens is 434 g/mol. The van der Waals surface area contributed by atoms with Gasteiger partial charge in [-0.05, 0) is 33.4 Å². The third-order valence-electron chi connectivity index (χ3n) is 7.19. The van der Waals surface area contributed by atoms with Crippen LogP contribution in [0.5, 0.6) is 0 Å². The molecule has 0 N–H and O–H groups in total. The highest BCUT2D eigenvalue weighted by Crippen LogP contribution is 2.55. The fourth-order valence-corrected chi connectivity index (χ4v) is 5.76. The number of Topliss-reactive ketones (excluding diaryl/α,β-unsaturated/α-hetero) is 1. The molecule has 0 saturated carbocycles. The maximum Gasteiger partial charge on any atom is 0.324 e. The van der Waals surface area contributed by atoms with Gasteiger partial charge in [-0.15, -0.1) is 0 Å². The zero-order valence-electron chi connectivity index (χ0n) is 19.3. The zero-order valence-corrected chi connectivity index (χ0v) is 19.3. The Bertz CT molecular complexity index is 1350. The molecule has 0 spiro atoms. The first-order valence-electron chi connectivity index (χ1n) is 11.9. The van der Waals surface area contributed by atoms with E-state index in [0.717, 1.165) is 33.4 Å². The zero-order chi connectivity index (χ0) is 23.8. The summed E-state index contributed by atoms with van der Waals surface area (Å²) >= 11 is 0. The van der Waals surface area contributed by atoms with Gasteiger partial charge in [-0.3, -0.25) is 14.5 Å². The number of benzene rings is 4. The van der Waals surface area contributed by atoms with Gasteiger partial charge in [0.1, 0.15) is 18.4 Å². The van der Waals surface area contributed by atoms with Crippen molar-refractivity contribution in [3.05, 3.63) is 131 Å². The number of rotatable bonds is 5. The minimum Gasteiger partial charge on any atom is -0.460 e. The first-order chi connectivity index (χ1) is 17.2. The lowest BCUT2D eigenvalue weighted by molar-refractivity contribution is -0.151. The summed E-state index contributed by atoms with van der Waals surface area (Å²) in [4.78, 5) is 28.5. The Hall–Kier alpha value is -4.02. The van der Waals surface area contributed by atoms with Crippen LogP contribution in [0, 0.1) is 0 Å². The molecule has 0 amide bonds. The molecule has 1 saturated heterocycles. The molecule has 1 unspecified atom stereocenters. The van der Waals surface area contributed by atoms with Gasteiger partial charge in [-0.1, -0.05) is 109 Å². The molecule has 1 heterocycles. The molecule has 6 rings (SSSR count). The van der Waals surface area contributed by atoms with Crippen molar-refractivity contribution in [3.8, 4) is 11.1 Å². The highest BCUT2D eigenvalue weighted by Gasteiger charge is 2.55. The predicted octanol–water partition coefficient (Wildman–Crippen LogP) is 5.35. The van der Waals surface area contributed by atoms with Crippen LogP contribution in [0.25, 0.3) is 11.1 Å². The minimum atomic E-state index is -0.767. The highest BCUT2D eigenvalue weighted by molar-refractivity contribution is 5.93. The normalized spacial score (nSPS) is 18.2. The maximum atomic E-state index is 13.5. The quantitative estimate of drug-likeness (QED) is 0.378. The van der Waals surface area contributed by atoms with Gasteiger partial charge in [0.25, 0.3) is 0 Å². The monoisotopic (exact) mass is 459 g/mol. The summed E-state index contributed by atoms with van der Waals surface area (Å²) in [6, 6.07) is 35.8. The Morgan fingerprint density at radius 2 is 1.31 bits per heavy atom. The summed E-state index contributed by atoms with van der Waals surface area (Å²) in [6.07, 6.45) is 0.145. The van der Waals surface area contributed by atoms with E-state index >= 15 is 0 Å². The van der Waals surface area contributed by atoms with Gasteiger partial charge in [-0.25, -0.2) is 0 Å². The summed E-state index contributed by atoms with van der Waals surface area (Å²) in [5.41, 5.74) is 5.62. The molecule has 0 aromatic heterocycles. The van der Waals surface area contributed by atoms with Crippen molar-refractivity contribution in [2.45, 2.75) is 24.6 Å². The topological polar surface area (TPSA) is 46.6 Å². The van der Waals surface area contributed by atoms with Crippen molar-refractivity contribution in [2.24, 2.45) is 0 Å². The lowest BCUT2D eigenvalue weighted by Crippen LogP contribution is -2.52. The average Bonchev–Trinajstić information content (AvgIpc) is 3.45. The molecule has 1 fully saturated rings. The Balaban J connectivity index is 1.50.